The third-order valence-corrected chi connectivity index (χ3v) is 8.31. The number of carbonyl (C=O) groups excluding carboxylic acids is 2. The Morgan fingerprint density at radius 1 is 1.29 bits per heavy atom. The zero-order valence-electron chi connectivity index (χ0n) is 18.9. The normalized spacial score (nSPS) is 32.5. The lowest BCUT2D eigenvalue weighted by molar-refractivity contribution is -0.129. The van der Waals surface area contributed by atoms with E-state index in [1.165, 1.54) is 23.7 Å². The zero-order valence-corrected chi connectivity index (χ0v) is 18.9. The van der Waals surface area contributed by atoms with Gasteiger partial charge in [0.1, 0.15) is 5.78 Å². The van der Waals surface area contributed by atoms with E-state index >= 15 is 0 Å². The first kappa shape index (κ1) is 21.9. The lowest BCUT2D eigenvalue weighted by Crippen LogP contribution is -2.44. The predicted octanol–water partition coefficient (Wildman–Crippen LogP) is 4.65. The van der Waals surface area contributed by atoms with Crippen molar-refractivity contribution in [3.63, 3.8) is 0 Å². The minimum Gasteiger partial charge on any atom is -0.405 e. The Morgan fingerprint density at radius 3 is 2.90 bits per heavy atom. The molecule has 4 heteroatoms. The number of carbonyl (C=O) groups is 2. The minimum absolute atomic E-state index is 0.0724. The Balaban J connectivity index is 1.43. The molecule has 0 spiro atoms. The Labute approximate surface area is 186 Å². The number of aryl methyl sites for hydroxylation is 1. The van der Waals surface area contributed by atoms with Gasteiger partial charge >= 0.3 is 0 Å². The smallest absolute Gasteiger partial charge is 0.220 e. The van der Waals surface area contributed by atoms with Gasteiger partial charge in [0.15, 0.2) is 0 Å². The molecule has 3 unspecified atom stereocenters. The molecule has 166 valence electrons. The van der Waals surface area contributed by atoms with Gasteiger partial charge in [-0.2, -0.15) is 0 Å². The van der Waals surface area contributed by atoms with E-state index in [-0.39, 0.29) is 11.3 Å². The van der Waals surface area contributed by atoms with Crippen LogP contribution in [0.5, 0.6) is 0 Å². The van der Waals surface area contributed by atoms with Gasteiger partial charge in [-0.25, -0.2) is 0 Å². The summed E-state index contributed by atoms with van der Waals surface area (Å²) in [7, 11) is 0. The van der Waals surface area contributed by atoms with Crippen molar-refractivity contribution in [2.45, 2.75) is 64.7 Å². The van der Waals surface area contributed by atoms with Crippen LogP contribution in [0.2, 0.25) is 0 Å². The van der Waals surface area contributed by atoms with Crippen molar-refractivity contribution in [1.82, 2.24) is 5.32 Å². The summed E-state index contributed by atoms with van der Waals surface area (Å²) in [5, 5.41) is 2.98. The van der Waals surface area contributed by atoms with E-state index in [9.17, 15) is 9.59 Å². The third kappa shape index (κ3) is 4.22. The molecule has 1 aromatic rings. The highest BCUT2D eigenvalue weighted by Gasteiger charge is 2.58. The second kappa shape index (κ2) is 9.02. The quantitative estimate of drug-likeness (QED) is 0.658. The van der Waals surface area contributed by atoms with Crippen LogP contribution in [0.1, 0.15) is 69.4 Å². The van der Waals surface area contributed by atoms with Crippen LogP contribution in [-0.4, -0.2) is 18.2 Å². The molecule has 31 heavy (non-hydrogen) atoms. The molecule has 0 heterocycles. The molecule has 4 rings (SSSR count). The maximum Gasteiger partial charge on any atom is 0.220 e. The Kier molecular flexibility index (Phi) is 6.36. The number of amides is 1. The van der Waals surface area contributed by atoms with Crippen LogP contribution in [0, 0.1) is 23.2 Å². The molecule has 3 aliphatic carbocycles. The SMILES string of the molecule is CC(/C=C\N)=C/CNC(=O)CC[C@@H]1CC(=O)[C@@]2(C)CCC3c4ccccc4CCC3C12. The molecule has 2 fully saturated rings. The molecule has 2 saturated carbocycles. The summed E-state index contributed by atoms with van der Waals surface area (Å²) < 4.78 is 0. The largest absolute Gasteiger partial charge is 0.405 e. The van der Waals surface area contributed by atoms with Gasteiger partial charge in [0, 0.05) is 24.8 Å². The summed E-state index contributed by atoms with van der Waals surface area (Å²) in [6, 6.07) is 8.90. The Bertz CT molecular complexity index is 902. The van der Waals surface area contributed by atoms with E-state index in [1.54, 1.807) is 0 Å². The number of hydrogen-bond donors (Lipinski definition) is 2. The average Bonchev–Trinajstić information content (AvgIpc) is 3.02. The molecule has 1 amide bonds. The summed E-state index contributed by atoms with van der Waals surface area (Å²) in [6.45, 7) is 4.69. The van der Waals surface area contributed by atoms with Crippen LogP contribution in [0.15, 0.2) is 48.2 Å². The van der Waals surface area contributed by atoms with Gasteiger partial charge < -0.3 is 11.1 Å². The number of allylic oxidation sites excluding steroid dienone is 2. The van der Waals surface area contributed by atoms with Crippen LogP contribution in [0.4, 0.5) is 0 Å². The average molecular weight is 421 g/mol. The highest BCUT2D eigenvalue weighted by atomic mass is 16.1. The summed E-state index contributed by atoms with van der Waals surface area (Å²) in [6.07, 6.45) is 11.7. The minimum atomic E-state index is -0.191. The highest BCUT2D eigenvalue weighted by Crippen LogP contribution is 2.62. The van der Waals surface area contributed by atoms with E-state index < -0.39 is 0 Å². The molecular weight excluding hydrogens is 384 g/mol. The molecule has 1 aromatic carbocycles. The van der Waals surface area contributed by atoms with Gasteiger partial charge in [-0.05, 0) is 86.1 Å². The number of Topliss-reactive ketones (excluding diaryl/α,β-unsaturated/α-hetero) is 1. The summed E-state index contributed by atoms with van der Waals surface area (Å²) in [5.74, 6) is 2.40. The van der Waals surface area contributed by atoms with E-state index in [4.69, 9.17) is 5.73 Å². The molecule has 0 bridgehead atoms. The summed E-state index contributed by atoms with van der Waals surface area (Å²) >= 11 is 0. The lowest BCUT2D eigenvalue weighted by atomic mass is 9.54. The van der Waals surface area contributed by atoms with Gasteiger partial charge in [-0.15, -0.1) is 0 Å². The first-order chi connectivity index (χ1) is 14.9. The first-order valence-electron chi connectivity index (χ1n) is 11.9. The van der Waals surface area contributed by atoms with Gasteiger partial charge in [0.2, 0.25) is 5.91 Å². The van der Waals surface area contributed by atoms with Gasteiger partial charge in [0.05, 0.1) is 0 Å². The van der Waals surface area contributed by atoms with Crippen molar-refractivity contribution in [3.05, 3.63) is 59.3 Å². The molecule has 4 nitrogen and oxygen atoms in total. The van der Waals surface area contributed by atoms with Gasteiger partial charge in [-0.1, -0.05) is 42.8 Å². The fourth-order valence-electron chi connectivity index (χ4n) is 6.80. The summed E-state index contributed by atoms with van der Waals surface area (Å²) in [5.41, 5.74) is 9.25. The standard InChI is InChI=1S/C27H36N2O2/c1-18(12-15-28)13-16-29-25(31)10-8-20-17-24(30)27(2)14-11-22-21-6-4-3-5-19(21)7-9-23(22)26(20)27/h3-6,12-13,15,20,22-23,26H,7-11,14,16-17,28H2,1-2H3,(H,29,31)/b15-12-,18-13-/t20-,22?,23?,26?,27-/m1/s1. The fraction of sp³-hybridized carbons (Fsp3) is 0.556. The number of nitrogens with two attached hydrogens (primary N) is 1. The van der Waals surface area contributed by atoms with Crippen molar-refractivity contribution in [1.29, 1.82) is 0 Å². The number of fused-ring (bicyclic) bond motifs is 5. The predicted molar refractivity (Wildman–Crippen MR) is 124 cm³/mol. The maximum atomic E-state index is 13.1. The van der Waals surface area contributed by atoms with E-state index in [0.717, 1.165) is 31.3 Å². The van der Waals surface area contributed by atoms with Crippen molar-refractivity contribution in [2.24, 2.45) is 28.9 Å². The van der Waals surface area contributed by atoms with E-state index in [2.05, 4.69) is 36.5 Å². The number of hydrogen-bond acceptors (Lipinski definition) is 3. The molecule has 5 atom stereocenters. The monoisotopic (exact) mass is 420 g/mol. The number of ketones is 1. The molecule has 0 radical (unpaired) electrons. The first-order valence-corrected chi connectivity index (χ1v) is 11.9. The van der Waals surface area contributed by atoms with Crippen LogP contribution in [0.3, 0.4) is 0 Å². The van der Waals surface area contributed by atoms with E-state index in [0.29, 0.717) is 48.8 Å². The molecule has 0 aromatic heterocycles. The Morgan fingerprint density at radius 2 is 2.10 bits per heavy atom. The van der Waals surface area contributed by atoms with E-state index in [1.807, 2.05) is 19.1 Å². The van der Waals surface area contributed by atoms with Gasteiger partial charge in [0.25, 0.3) is 0 Å². The van der Waals surface area contributed by atoms with Crippen LogP contribution in [0.25, 0.3) is 0 Å². The number of rotatable bonds is 6. The van der Waals surface area contributed by atoms with Crippen molar-refractivity contribution in [3.8, 4) is 0 Å². The topological polar surface area (TPSA) is 72.2 Å². The second-order valence-corrected chi connectivity index (χ2v) is 10.0. The molecule has 3 aliphatic rings. The van der Waals surface area contributed by atoms with Crippen LogP contribution < -0.4 is 11.1 Å². The zero-order chi connectivity index (χ0) is 22.0. The molecule has 3 N–H and O–H groups in total. The number of nitrogens with one attached hydrogen (secondary N) is 1. The lowest BCUT2D eigenvalue weighted by Gasteiger charge is -2.50. The molecule has 0 aliphatic heterocycles. The molecule has 0 saturated heterocycles. The second-order valence-electron chi connectivity index (χ2n) is 10.0. The summed E-state index contributed by atoms with van der Waals surface area (Å²) in [4.78, 5) is 25.5. The van der Waals surface area contributed by atoms with Crippen LogP contribution in [-0.2, 0) is 16.0 Å². The number of benzene rings is 1. The van der Waals surface area contributed by atoms with Crippen molar-refractivity contribution in [2.75, 3.05) is 6.54 Å². The Hall–Kier alpha value is -2.36. The fourth-order valence-corrected chi connectivity index (χ4v) is 6.80. The van der Waals surface area contributed by atoms with Crippen LogP contribution >= 0.6 is 0 Å². The van der Waals surface area contributed by atoms with Crippen molar-refractivity contribution < 1.29 is 9.59 Å². The molecular formula is C27H36N2O2. The van der Waals surface area contributed by atoms with Crippen molar-refractivity contribution >= 4 is 11.7 Å². The highest BCUT2D eigenvalue weighted by molar-refractivity contribution is 5.88. The van der Waals surface area contributed by atoms with Gasteiger partial charge in [-0.3, -0.25) is 9.59 Å². The third-order valence-electron chi connectivity index (χ3n) is 8.31. The maximum absolute atomic E-state index is 13.1.